The zero-order valence-electron chi connectivity index (χ0n) is 21.8. The van der Waals surface area contributed by atoms with Crippen LogP contribution >= 0.6 is 0 Å². The van der Waals surface area contributed by atoms with E-state index in [0.29, 0.717) is 37.6 Å². The number of H-pyrrole nitrogens is 1. The number of ether oxygens (including phenoxy) is 2. The second-order valence-electron chi connectivity index (χ2n) is 9.09. The van der Waals surface area contributed by atoms with Gasteiger partial charge in [-0.2, -0.15) is 13.2 Å². The molecule has 40 heavy (non-hydrogen) atoms. The first-order chi connectivity index (χ1) is 19.0. The summed E-state index contributed by atoms with van der Waals surface area (Å²) in [4.78, 5) is 58.4. The SMILES string of the molecule is CCOC(=O)C(C(=O)OCC)N1CCC(NC(=O)c2ccc3[nH]c(=O)n(-c4ccc(C(F)(F)F)cn4)c3c2)CC1. The van der Waals surface area contributed by atoms with Crippen molar-refractivity contribution in [1.29, 1.82) is 0 Å². The molecule has 0 bridgehead atoms. The van der Waals surface area contributed by atoms with Crippen LogP contribution in [0.2, 0.25) is 0 Å². The molecule has 0 unspecified atom stereocenters. The molecule has 1 saturated heterocycles. The molecule has 2 aromatic heterocycles. The van der Waals surface area contributed by atoms with E-state index < -0.39 is 41.3 Å². The molecule has 3 heterocycles. The maximum absolute atomic E-state index is 13.1. The third-order valence-corrected chi connectivity index (χ3v) is 6.50. The smallest absolute Gasteiger partial charge is 0.417 e. The molecule has 2 N–H and O–H groups in total. The lowest BCUT2D eigenvalue weighted by molar-refractivity contribution is -0.164. The first-order valence-electron chi connectivity index (χ1n) is 12.7. The van der Waals surface area contributed by atoms with Crippen LogP contribution in [0.3, 0.4) is 0 Å². The Kier molecular flexibility index (Phi) is 8.57. The van der Waals surface area contributed by atoms with Gasteiger partial charge in [-0.05, 0) is 57.0 Å². The van der Waals surface area contributed by atoms with E-state index in [-0.39, 0.29) is 36.2 Å². The van der Waals surface area contributed by atoms with Gasteiger partial charge in [-0.1, -0.05) is 0 Å². The van der Waals surface area contributed by atoms with Gasteiger partial charge in [0.2, 0.25) is 6.04 Å². The van der Waals surface area contributed by atoms with Crippen molar-refractivity contribution in [3.05, 3.63) is 58.1 Å². The van der Waals surface area contributed by atoms with Gasteiger partial charge in [-0.25, -0.2) is 23.9 Å². The van der Waals surface area contributed by atoms with Crippen LogP contribution < -0.4 is 11.0 Å². The zero-order chi connectivity index (χ0) is 29.0. The number of fused-ring (bicyclic) bond motifs is 1. The monoisotopic (exact) mass is 563 g/mol. The summed E-state index contributed by atoms with van der Waals surface area (Å²) in [5, 5.41) is 2.92. The fraction of sp³-hybridized carbons (Fsp3) is 0.423. The van der Waals surface area contributed by atoms with Gasteiger partial charge in [0.25, 0.3) is 5.91 Å². The fourth-order valence-electron chi connectivity index (χ4n) is 4.57. The summed E-state index contributed by atoms with van der Waals surface area (Å²) in [7, 11) is 0. The van der Waals surface area contributed by atoms with E-state index in [1.807, 2.05) is 0 Å². The van der Waals surface area contributed by atoms with Crippen molar-refractivity contribution < 1.29 is 37.0 Å². The molecular weight excluding hydrogens is 535 g/mol. The molecule has 3 aromatic rings. The largest absolute Gasteiger partial charge is 0.464 e. The summed E-state index contributed by atoms with van der Waals surface area (Å²) < 4.78 is 49.9. The Morgan fingerprint density at radius 2 is 1.73 bits per heavy atom. The third kappa shape index (κ3) is 6.17. The van der Waals surface area contributed by atoms with Crippen LogP contribution in [-0.4, -0.2) is 75.7 Å². The van der Waals surface area contributed by atoms with Gasteiger partial charge in [0, 0.05) is 30.9 Å². The van der Waals surface area contributed by atoms with Crippen LogP contribution in [0, 0.1) is 0 Å². The number of hydrogen-bond donors (Lipinski definition) is 2. The minimum atomic E-state index is -4.57. The van der Waals surface area contributed by atoms with Crippen LogP contribution in [0.15, 0.2) is 41.3 Å². The number of nitrogens with zero attached hydrogens (tertiary/aromatic N) is 3. The quantitative estimate of drug-likeness (QED) is 0.315. The standard InChI is InChI=1S/C26H28F3N5O6/c1-3-39-23(36)21(24(37)40-4-2)33-11-9-17(10-12-33)31-22(35)15-5-7-18-19(13-15)34(25(38)32-18)20-8-6-16(14-30-20)26(27,28)29/h5-8,13-14,17,21H,3-4,9-12H2,1-2H3,(H,31,35)(H,32,38). The maximum atomic E-state index is 13.1. The number of carbonyl (C=O) groups is 3. The number of halogens is 3. The zero-order valence-corrected chi connectivity index (χ0v) is 21.8. The number of likely N-dealkylation sites (tertiary alicyclic amines) is 1. The van der Waals surface area contributed by atoms with Crippen molar-refractivity contribution in [3.8, 4) is 5.82 Å². The molecule has 1 aliphatic rings. The molecule has 0 radical (unpaired) electrons. The van der Waals surface area contributed by atoms with Crippen molar-refractivity contribution in [1.82, 2.24) is 24.8 Å². The van der Waals surface area contributed by atoms with E-state index in [1.165, 1.54) is 18.2 Å². The van der Waals surface area contributed by atoms with Crippen molar-refractivity contribution in [2.75, 3.05) is 26.3 Å². The highest BCUT2D eigenvalue weighted by Crippen LogP contribution is 2.29. The van der Waals surface area contributed by atoms with Gasteiger partial charge in [0.05, 0.1) is 29.8 Å². The Hall–Kier alpha value is -4.20. The highest BCUT2D eigenvalue weighted by molar-refractivity contribution is 5.99. The molecule has 0 aliphatic carbocycles. The van der Waals surface area contributed by atoms with Crippen LogP contribution in [0.4, 0.5) is 13.2 Å². The molecule has 4 rings (SSSR count). The van der Waals surface area contributed by atoms with E-state index in [1.54, 1.807) is 18.7 Å². The number of imidazole rings is 1. The Labute approximate surface area is 226 Å². The van der Waals surface area contributed by atoms with Gasteiger partial charge in [0.1, 0.15) is 5.82 Å². The number of amides is 1. The number of benzene rings is 1. The Morgan fingerprint density at radius 1 is 1.07 bits per heavy atom. The van der Waals surface area contributed by atoms with E-state index in [0.717, 1.165) is 16.7 Å². The average molecular weight is 564 g/mol. The molecule has 14 heteroatoms. The minimum Gasteiger partial charge on any atom is -0.464 e. The Morgan fingerprint density at radius 3 is 2.27 bits per heavy atom. The Balaban J connectivity index is 1.47. The first kappa shape index (κ1) is 28.8. The number of piperidine rings is 1. The van der Waals surface area contributed by atoms with Crippen LogP contribution in [0.25, 0.3) is 16.9 Å². The molecule has 0 saturated carbocycles. The molecule has 11 nitrogen and oxygen atoms in total. The van der Waals surface area contributed by atoms with Crippen LogP contribution in [0.1, 0.15) is 42.6 Å². The number of aromatic nitrogens is 3. The lowest BCUT2D eigenvalue weighted by Crippen LogP contribution is -2.54. The van der Waals surface area contributed by atoms with Crippen molar-refractivity contribution in [2.24, 2.45) is 0 Å². The van der Waals surface area contributed by atoms with Gasteiger partial charge in [-0.15, -0.1) is 0 Å². The van der Waals surface area contributed by atoms with Crippen molar-refractivity contribution >= 4 is 28.9 Å². The Bertz CT molecular complexity index is 1420. The third-order valence-electron chi connectivity index (χ3n) is 6.50. The lowest BCUT2D eigenvalue weighted by atomic mass is 10.0. The predicted octanol–water partition coefficient (Wildman–Crippen LogP) is 2.42. The number of esters is 2. The molecule has 0 spiro atoms. The number of alkyl halides is 3. The summed E-state index contributed by atoms with van der Waals surface area (Å²) in [6.07, 6.45) is -3.03. The summed E-state index contributed by atoms with van der Waals surface area (Å²) in [6, 6.07) is 4.97. The van der Waals surface area contributed by atoms with E-state index in [9.17, 15) is 32.3 Å². The van der Waals surface area contributed by atoms with Gasteiger partial charge >= 0.3 is 23.8 Å². The second kappa shape index (κ2) is 11.9. The fourth-order valence-corrected chi connectivity index (χ4v) is 4.57. The topological polar surface area (TPSA) is 136 Å². The maximum Gasteiger partial charge on any atom is 0.417 e. The van der Waals surface area contributed by atoms with Gasteiger partial charge in [-0.3, -0.25) is 9.69 Å². The second-order valence-corrected chi connectivity index (χ2v) is 9.09. The van der Waals surface area contributed by atoms with Crippen LogP contribution in [-0.2, 0) is 25.2 Å². The lowest BCUT2D eigenvalue weighted by Gasteiger charge is -2.35. The molecule has 1 fully saturated rings. The highest BCUT2D eigenvalue weighted by atomic mass is 19.4. The van der Waals surface area contributed by atoms with Crippen LogP contribution in [0.5, 0.6) is 0 Å². The number of nitrogens with one attached hydrogen (secondary N) is 2. The number of hydrogen-bond acceptors (Lipinski definition) is 8. The molecular formula is C26H28F3N5O6. The van der Waals surface area contributed by atoms with E-state index in [2.05, 4.69) is 15.3 Å². The van der Waals surface area contributed by atoms with E-state index in [4.69, 9.17) is 9.47 Å². The molecule has 1 amide bonds. The van der Waals surface area contributed by atoms with Gasteiger partial charge in [0.15, 0.2) is 0 Å². The normalized spacial score (nSPS) is 14.8. The van der Waals surface area contributed by atoms with E-state index >= 15 is 0 Å². The summed E-state index contributed by atoms with van der Waals surface area (Å²) in [5.41, 5.74) is -0.700. The van der Waals surface area contributed by atoms with Gasteiger partial charge < -0.3 is 19.8 Å². The highest BCUT2D eigenvalue weighted by Gasteiger charge is 2.38. The minimum absolute atomic E-state index is 0.0352. The number of rotatable bonds is 8. The predicted molar refractivity (Wildman–Crippen MR) is 136 cm³/mol. The number of carbonyl (C=O) groups excluding carboxylic acids is 3. The molecule has 1 aromatic carbocycles. The molecule has 1 aliphatic heterocycles. The number of aromatic amines is 1. The van der Waals surface area contributed by atoms with Crippen molar-refractivity contribution in [3.63, 3.8) is 0 Å². The average Bonchev–Trinajstić information content (AvgIpc) is 3.24. The molecule has 214 valence electrons. The summed E-state index contributed by atoms with van der Waals surface area (Å²) in [5.74, 6) is -1.83. The van der Waals surface area contributed by atoms with Crippen molar-refractivity contribution in [2.45, 2.75) is 44.9 Å². The molecule has 0 atom stereocenters. The summed E-state index contributed by atoms with van der Waals surface area (Å²) >= 11 is 0. The first-order valence-corrected chi connectivity index (χ1v) is 12.7. The summed E-state index contributed by atoms with van der Waals surface area (Å²) in [6.45, 7) is 4.20. The number of pyridine rings is 1.